The van der Waals surface area contributed by atoms with Crippen LogP contribution in [-0.4, -0.2) is 40.1 Å². The number of ether oxygens (including phenoxy) is 1. The van der Waals surface area contributed by atoms with Crippen LogP contribution in [-0.2, 0) is 16.1 Å². The third-order valence-electron chi connectivity index (χ3n) is 4.39. The van der Waals surface area contributed by atoms with Crippen molar-refractivity contribution in [3.63, 3.8) is 0 Å². The quantitative estimate of drug-likeness (QED) is 0.321. The van der Waals surface area contributed by atoms with E-state index in [-0.39, 0.29) is 31.1 Å². The highest BCUT2D eigenvalue weighted by molar-refractivity contribution is 5.94. The molecule has 3 rings (SSSR count). The van der Waals surface area contributed by atoms with Gasteiger partial charge in [-0.15, -0.1) is 0 Å². The lowest BCUT2D eigenvalue weighted by Gasteiger charge is -2.12. The predicted octanol–water partition coefficient (Wildman–Crippen LogP) is 0.997. The number of aromatic nitrogens is 2. The number of carbonyl (C=O) groups excluding carboxylic acids is 2. The first-order chi connectivity index (χ1) is 14.5. The number of carbonyl (C=O) groups is 2. The summed E-state index contributed by atoms with van der Waals surface area (Å²) in [5.74, 6) is -1.25. The van der Waals surface area contributed by atoms with Crippen LogP contribution in [0.2, 0.25) is 0 Å². The summed E-state index contributed by atoms with van der Waals surface area (Å²) in [4.78, 5) is 42.3. The van der Waals surface area contributed by atoms with E-state index in [1.807, 2.05) is 42.5 Å². The number of amides is 1. The standard InChI is InChI=1S/C21H22N4O5/c1-2-30-17(26)12-24-21(29)18-22-11-16(20(28)25-18)19(27)23-10-14-8-5-7-13-6-3-4-9-15(13)14/h3-9,11,21,24,29H,2,10,12H2,1H3,(H,23,27)(H,22,25,28). The molecule has 0 aliphatic heterocycles. The third kappa shape index (κ3) is 5.07. The molecule has 4 N–H and O–H groups in total. The number of hydrogen-bond acceptors (Lipinski definition) is 7. The number of hydrogen-bond donors (Lipinski definition) is 4. The van der Waals surface area contributed by atoms with Gasteiger partial charge in [0.15, 0.2) is 12.1 Å². The van der Waals surface area contributed by atoms with Crippen LogP contribution >= 0.6 is 0 Å². The molecule has 1 atom stereocenters. The van der Waals surface area contributed by atoms with Gasteiger partial charge >= 0.3 is 5.97 Å². The zero-order valence-corrected chi connectivity index (χ0v) is 16.3. The maximum atomic E-state index is 12.4. The van der Waals surface area contributed by atoms with Crippen molar-refractivity contribution in [2.75, 3.05) is 13.2 Å². The average Bonchev–Trinajstić information content (AvgIpc) is 2.76. The van der Waals surface area contributed by atoms with E-state index < -0.39 is 23.7 Å². The van der Waals surface area contributed by atoms with Gasteiger partial charge in [-0.05, 0) is 23.3 Å². The molecule has 0 radical (unpaired) electrons. The molecule has 30 heavy (non-hydrogen) atoms. The molecule has 9 heteroatoms. The van der Waals surface area contributed by atoms with E-state index in [0.29, 0.717) is 0 Å². The van der Waals surface area contributed by atoms with Gasteiger partial charge in [0, 0.05) is 12.7 Å². The Morgan fingerprint density at radius 3 is 2.73 bits per heavy atom. The Balaban J connectivity index is 1.65. The number of H-pyrrole nitrogens is 1. The molecule has 1 aromatic heterocycles. The van der Waals surface area contributed by atoms with Crippen molar-refractivity contribution in [1.29, 1.82) is 0 Å². The van der Waals surface area contributed by atoms with Crippen LogP contribution in [0.4, 0.5) is 0 Å². The van der Waals surface area contributed by atoms with E-state index in [0.717, 1.165) is 22.5 Å². The van der Waals surface area contributed by atoms with E-state index in [2.05, 4.69) is 20.6 Å². The first-order valence-electron chi connectivity index (χ1n) is 9.40. The van der Waals surface area contributed by atoms with Crippen molar-refractivity contribution < 1.29 is 19.4 Å². The van der Waals surface area contributed by atoms with Gasteiger partial charge in [0.2, 0.25) is 0 Å². The molecule has 9 nitrogen and oxygen atoms in total. The van der Waals surface area contributed by atoms with Gasteiger partial charge in [-0.3, -0.25) is 19.7 Å². The number of fused-ring (bicyclic) bond motifs is 1. The van der Waals surface area contributed by atoms with Gasteiger partial charge in [-0.2, -0.15) is 0 Å². The third-order valence-corrected chi connectivity index (χ3v) is 4.39. The Labute approximate surface area is 172 Å². The van der Waals surface area contributed by atoms with Crippen LogP contribution in [0.5, 0.6) is 0 Å². The first-order valence-corrected chi connectivity index (χ1v) is 9.40. The Bertz CT molecular complexity index is 1110. The second-order valence-corrected chi connectivity index (χ2v) is 6.42. The topological polar surface area (TPSA) is 133 Å². The molecule has 0 spiro atoms. The molecule has 0 aliphatic rings. The molecule has 2 aromatic carbocycles. The lowest BCUT2D eigenvalue weighted by atomic mass is 10.0. The maximum absolute atomic E-state index is 12.4. The van der Waals surface area contributed by atoms with E-state index >= 15 is 0 Å². The highest BCUT2D eigenvalue weighted by Crippen LogP contribution is 2.18. The molecule has 1 heterocycles. The van der Waals surface area contributed by atoms with Gasteiger partial charge in [0.05, 0.1) is 13.2 Å². The summed E-state index contributed by atoms with van der Waals surface area (Å²) in [6.07, 6.45) is -0.308. The van der Waals surface area contributed by atoms with Crippen molar-refractivity contribution in [1.82, 2.24) is 20.6 Å². The average molecular weight is 410 g/mol. The van der Waals surface area contributed by atoms with E-state index in [9.17, 15) is 19.5 Å². The van der Waals surface area contributed by atoms with Crippen molar-refractivity contribution in [3.8, 4) is 0 Å². The summed E-state index contributed by atoms with van der Waals surface area (Å²) in [5, 5.41) is 17.2. The van der Waals surface area contributed by atoms with Crippen LogP contribution < -0.4 is 16.2 Å². The number of esters is 1. The summed E-state index contributed by atoms with van der Waals surface area (Å²) in [6.45, 7) is 1.86. The van der Waals surface area contributed by atoms with Crippen molar-refractivity contribution in [3.05, 3.63) is 76.0 Å². The fourth-order valence-corrected chi connectivity index (χ4v) is 2.92. The highest BCUT2D eigenvalue weighted by Gasteiger charge is 2.16. The molecule has 0 bridgehead atoms. The lowest BCUT2D eigenvalue weighted by Crippen LogP contribution is -2.33. The second kappa shape index (κ2) is 9.77. The van der Waals surface area contributed by atoms with Gasteiger partial charge < -0.3 is 20.1 Å². The second-order valence-electron chi connectivity index (χ2n) is 6.42. The maximum Gasteiger partial charge on any atom is 0.319 e. The molecule has 3 aromatic rings. The number of aliphatic hydroxyl groups excluding tert-OH is 1. The summed E-state index contributed by atoms with van der Waals surface area (Å²) in [6, 6.07) is 13.6. The Morgan fingerprint density at radius 1 is 1.20 bits per heavy atom. The zero-order chi connectivity index (χ0) is 21.5. The normalized spacial score (nSPS) is 11.8. The Hall–Kier alpha value is -3.56. The van der Waals surface area contributed by atoms with E-state index in [1.54, 1.807) is 6.92 Å². The SMILES string of the molecule is CCOC(=O)CNC(O)c1ncc(C(=O)NCc2cccc3ccccc23)c(=O)[nH]1. The zero-order valence-electron chi connectivity index (χ0n) is 16.3. The van der Waals surface area contributed by atoms with Crippen LogP contribution in [0.1, 0.15) is 34.9 Å². The Morgan fingerprint density at radius 2 is 1.97 bits per heavy atom. The lowest BCUT2D eigenvalue weighted by molar-refractivity contribution is -0.142. The van der Waals surface area contributed by atoms with Crippen molar-refractivity contribution in [2.24, 2.45) is 0 Å². The van der Waals surface area contributed by atoms with Gasteiger partial charge in [-0.1, -0.05) is 42.5 Å². The van der Waals surface area contributed by atoms with Gasteiger partial charge in [0.25, 0.3) is 11.5 Å². The fourth-order valence-electron chi connectivity index (χ4n) is 2.92. The van der Waals surface area contributed by atoms with Gasteiger partial charge in [0.1, 0.15) is 5.56 Å². The number of nitrogens with zero attached hydrogens (tertiary/aromatic N) is 1. The minimum atomic E-state index is -1.39. The minimum absolute atomic E-state index is 0.116. The summed E-state index contributed by atoms with van der Waals surface area (Å²) < 4.78 is 4.73. The summed E-state index contributed by atoms with van der Waals surface area (Å²) >= 11 is 0. The molecule has 0 aliphatic carbocycles. The number of aromatic amines is 1. The Kier molecular flexibility index (Phi) is 6.89. The molecule has 0 fully saturated rings. The number of nitrogens with one attached hydrogen (secondary N) is 3. The van der Waals surface area contributed by atoms with Crippen LogP contribution in [0.15, 0.2) is 53.5 Å². The summed E-state index contributed by atoms with van der Waals surface area (Å²) in [7, 11) is 0. The molecule has 0 saturated heterocycles. The largest absolute Gasteiger partial charge is 0.465 e. The molecule has 0 saturated carbocycles. The number of benzene rings is 2. The molecule has 1 amide bonds. The highest BCUT2D eigenvalue weighted by atomic mass is 16.5. The van der Waals surface area contributed by atoms with Gasteiger partial charge in [-0.25, -0.2) is 4.98 Å². The van der Waals surface area contributed by atoms with Crippen LogP contribution in [0.25, 0.3) is 10.8 Å². The molecule has 1 unspecified atom stereocenters. The van der Waals surface area contributed by atoms with Crippen molar-refractivity contribution >= 4 is 22.6 Å². The summed E-state index contributed by atoms with van der Waals surface area (Å²) in [5.41, 5.74) is 0.0324. The molecule has 156 valence electrons. The first kappa shape index (κ1) is 21.2. The number of aliphatic hydroxyl groups is 1. The van der Waals surface area contributed by atoms with E-state index in [4.69, 9.17) is 4.74 Å². The van der Waals surface area contributed by atoms with Crippen LogP contribution in [0.3, 0.4) is 0 Å². The smallest absolute Gasteiger partial charge is 0.319 e. The minimum Gasteiger partial charge on any atom is -0.465 e. The van der Waals surface area contributed by atoms with Crippen molar-refractivity contribution in [2.45, 2.75) is 19.7 Å². The van der Waals surface area contributed by atoms with Crippen LogP contribution in [0, 0.1) is 0 Å². The predicted molar refractivity (Wildman–Crippen MR) is 110 cm³/mol. The monoisotopic (exact) mass is 410 g/mol. The molecular weight excluding hydrogens is 388 g/mol. The van der Waals surface area contributed by atoms with E-state index in [1.165, 1.54) is 0 Å². The fraction of sp³-hybridized carbons (Fsp3) is 0.238. The number of rotatable bonds is 8. The molecular formula is C21H22N4O5.